The first-order chi connectivity index (χ1) is 8.27. The van der Waals surface area contributed by atoms with Crippen molar-refractivity contribution in [3.05, 3.63) is 23.0 Å². The Morgan fingerprint density at radius 1 is 1.28 bits per heavy atom. The van der Waals surface area contributed by atoms with E-state index in [1.807, 2.05) is 27.7 Å². The number of rotatable bonds is 2. The number of carbonyl (C=O) groups is 1. The highest BCUT2D eigenvalue weighted by atomic mass is 35.5. The van der Waals surface area contributed by atoms with Crippen molar-refractivity contribution in [3.63, 3.8) is 0 Å². The van der Waals surface area contributed by atoms with Gasteiger partial charge in [-0.3, -0.25) is 9.78 Å². The lowest BCUT2D eigenvalue weighted by Gasteiger charge is -2.32. The van der Waals surface area contributed by atoms with Crippen molar-refractivity contribution in [2.75, 3.05) is 0 Å². The summed E-state index contributed by atoms with van der Waals surface area (Å²) < 4.78 is 11.7. The zero-order valence-corrected chi connectivity index (χ0v) is 11.6. The Morgan fingerprint density at radius 2 is 1.83 bits per heavy atom. The molecule has 0 N–H and O–H groups in total. The monoisotopic (exact) mass is 267 g/mol. The van der Waals surface area contributed by atoms with Crippen LogP contribution in [0.1, 0.15) is 38.2 Å². The summed E-state index contributed by atoms with van der Waals surface area (Å²) in [5, 5.41) is 0.422. The van der Waals surface area contributed by atoms with Crippen LogP contribution in [0.25, 0.3) is 0 Å². The number of aromatic nitrogens is 1. The van der Waals surface area contributed by atoms with E-state index in [1.54, 1.807) is 0 Å². The molecule has 1 aromatic rings. The Hall–Kier alpha value is -0.905. The molecule has 2 rings (SSSR count). The van der Waals surface area contributed by atoms with E-state index >= 15 is 0 Å². The molecule has 0 spiro atoms. The summed E-state index contributed by atoms with van der Waals surface area (Å²) in [5.74, 6) is 0. The number of hydrogen-bond donors (Lipinski definition) is 0. The summed E-state index contributed by atoms with van der Waals surface area (Å²) in [6, 6.07) is 1.51. The molecule has 2 heterocycles. The lowest BCUT2D eigenvalue weighted by molar-refractivity contribution is 0.00578. The number of halogens is 1. The molecule has 1 aliphatic heterocycles. The van der Waals surface area contributed by atoms with Gasteiger partial charge in [0.25, 0.3) is 0 Å². The van der Waals surface area contributed by atoms with Crippen molar-refractivity contribution in [2.45, 2.75) is 38.9 Å². The Morgan fingerprint density at radius 3 is 2.28 bits per heavy atom. The van der Waals surface area contributed by atoms with Crippen LogP contribution in [0.5, 0.6) is 0 Å². The van der Waals surface area contributed by atoms with Gasteiger partial charge in [-0.1, -0.05) is 11.6 Å². The van der Waals surface area contributed by atoms with E-state index in [1.165, 1.54) is 12.3 Å². The SMILES string of the molecule is CC1(C)OB(c2cnc(C=O)cc2Cl)OC1(C)C. The van der Waals surface area contributed by atoms with Gasteiger partial charge in [0.1, 0.15) is 5.69 Å². The zero-order valence-electron chi connectivity index (χ0n) is 10.9. The highest BCUT2D eigenvalue weighted by Gasteiger charge is 2.52. The van der Waals surface area contributed by atoms with Crippen LogP contribution in [0, 0.1) is 0 Å². The summed E-state index contributed by atoms with van der Waals surface area (Å²) in [7, 11) is -0.560. The Labute approximate surface area is 112 Å². The summed E-state index contributed by atoms with van der Waals surface area (Å²) in [6.07, 6.45) is 2.17. The number of aldehydes is 1. The van der Waals surface area contributed by atoms with Gasteiger partial charge < -0.3 is 9.31 Å². The molecule has 1 aliphatic rings. The highest BCUT2D eigenvalue weighted by Crippen LogP contribution is 2.36. The Kier molecular flexibility index (Phi) is 3.26. The van der Waals surface area contributed by atoms with E-state index in [2.05, 4.69) is 4.98 Å². The molecule has 4 nitrogen and oxygen atoms in total. The first-order valence-corrected chi connectivity index (χ1v) is 6.11. The molecule has 1 aromatic heterocycles. The first kappa shape index (κ1) is 13.5. The van der Waals surface area contributed by atoms with E-state index in [-0.39, 0.29) is 0 Å². The maximum absolute atomic E-state index is 10.6. The van der Waals surface area contributed by atoms with Gasteiger partial charge in [-0.05, 0) is 33.8 Å². The average molecular weight is 268 g/mol. The molecule has 0 aromatic carbocycles. The lowest BCUT2D eigenvalue weighted by atomic mass is 9.80. The molecule has 0 bridgehead atoms. The molecule has 6 heteroatoms. The first-order valence-electron chi connectivity index (χ1n) is 5.73. The van der Waals surface area contributed by atoms with E-state index in [9.17, 15) is 4.79 Å². The molecule has 0 amide bonds. The minimum atomic E-state index is -0.560. The van der Waals surface area contributed by atoms with E-state index in [0.717, 1.165) is 0 Å². The number of pyridine rings is 1. The number of carbonyl (C=O) groups excluding carboxylic acids is 1. The lowest BCUT2D eigenvalue weighted by Crippen LogP contribution is -2.41. The number of nitrogens with zero attached hydrogens (tertiary/aromatic N) is 1. The second kappa shape index (κ2) is 4.33. The fourth-order valence-corrected chi connectivity index (χ4v) is 1.91. The maximum Gasteiger partial charge on any atom is 0.497 e. The third-order valence-corrected chi connectivity index (χ3v) is 3.86. The molecule has 0 atom stereocenters. The molecule has 96 valence electrons. The van der Waals surface area contributed by atoms with Crippen LogP contribution in [0.4, 0.5) is 0 Å². The van der Waals surface area contributed by atoms with Crippen LogP contribution >= 0.6 is 11.6 Å². The molecule has 0 radical (unpaired) electrons. The molecule has 0 aliphatic carbocycles. The van der Waals surface area contributed by atoms with Gasteiger partial charge in [0.05, 0.1) is 11.2 Å². The third kappa shape index (κ3) is 2.18. The average Bonchev–Trinajstić information content (AvgIpc) is 2.47. The minimum Gasteiger partial charge on any atom is -0.399 e. The largest absolute Gasteiger partial charge is 0.497 e. The smallest absolute Gasteiger partial charge is 0.399 e. The molecule has 18 heavy (non-hydrogen) atoms. The van der Waals surface area contributed by atoms with Crippen LogP contribution in [-0.2, 0) is 9.31 Å². The Balaban J connectivity index is 2.32. The quantitative estimate of drug-likeness (QED) is 0.606. The molecular weight excluding hydrogens is 252 g/mol. The van der Waals surface area contributed by atoms with Crippen LogP contribution < -0.4 is 5.46 Å². The van der Waals surface area contributed by atoms with Crippen molar-refractivity contribution in [1.82, 2.24) is 4.98 Å². The van der Waals surface area contributed by atoms with E-state index < -0.39 is 18.3 Å². The third-order valence-electron chi connectivity index (χ3n) is 3.53. The molecule has 1 saturated heterocycles. The van der Waals surface area contributed by atoms with Gasteiger partial charge in [-0.15, -0.1) is 0 Å². The van der Waals surface area contributed by atoms with Crippen LogP contribution in [-0.4, -0.2) is 29.6 Å². The highest BCUT2D eigenvalue weighted by molar-refractivity contribution is 6.65. The van der Waals surface area contributed by atoms with E-state index in [4.69, 9.17) is 20.9 Å². The topological polar surface area (TPSA) is 48.4 Å². The second-order valence-corrected chi connectivity index (χ2v) is 5.74. The van der Waals surface area contributed by atoms with Gasteiger partial charge >= 0.3 is 7.12 Å². The summed E-state index contributed by atoms with van der Waals surface area (Å²) >= 11 is 6.12. The van der Waals surface area contributed by atoms with Gasteiger partial charge in [0.2, 0.25) is 0 Å². The van der Waals surface area contributed by atoms with Crippen molar-refractivity contribution < 1.29 is 14.1 Å². The Bertz CT molecular complexity index is 474. The fourth-order valence-electron chi connectivity index (χ4n) is 1.66. The van der Waals surface area contributed by atoms with E-state index in [0.29, 0.717) is 22.5 Å². The molecule has 1 fully saturated rings. The van der Waals surface area contributed by atoms with Crippen molar-refractivity contribution >= 4 is 30.5 Å². The van der Waals surface area contributed by atoms with Crippen molar-refractivity contribution in [2.24, 2.45) is 0 Å². The van der Waals surface area contributed by atoms with Crippen LogP contribution in [0.2, 0.25) is 5.02 Å². The van der Waals surface area contributed by atoms with Gasteiger partial charge in [-0.25, -0.2) is 0 Å². The predicted octanol–water partition coefficient (Wildman–Crippen LogP) is 1.85. The second-order valence-electron chi connectivity index (χ2n) is 5.34. The van der Waals surface area contributed by atoms with Gasteiger partial charge in [0.15, 0.2) is 6.29 Å². The van der Waals surface area contributed by atoms with Crippen molar-refractivity contribution in [3.8, 4) is 0 Å². The number of hydrogen-bond acceptors (Lipinski definition) is 4. The van der Waals surface area contributed by atoms with Crippen LogP contribution in [0.15, 0.2) is 12.3 Å². The standard InChI is InChI=1S/C12H15BClNO3/c1-11(2)12(3,4)18-13(17-11)9-6-15-8(7-16)5-10(9)14/h5-7H,1-4H3. The summed E-state index contributed by atoms with van der Waals surface area (Å²) in [5.41, 5.74) is 0.0791. The van der Waals surface area contributed by atoms with Gasteiger partial charge in [0, 0.05) is 16.7 Å². The van der Waals surface area contributed by atoms with Gasteiger partial charge in [-0.2, -0.15) is 0 Å². The molecular formula is C12H15BClNO3. The molecule has 0 unspecified atom stereocenters. The van der Waals surface area contributed by atoms with Crippen molar-refractivity contribution in [1.29, 1.82) is 0 Å². The predicted molar refractivity (Wildman–Crippen MR) is 70.4 cm³/mol. The maximum atomic E-state index is 10.6. The summed E-state index contributed by atoms with van der Waals surface area (Å²) in [4.78, 5) is 14.6. The van der Waals surface area contributed by atoms with Crippen LogP contribution in [0.3, 0.4) is 0 Å². The fraction of sp³-hybridized carbons (Fsp3) is 0.500. The minimum absolute atomic E-state index is 0.292. The zero-order chi connectivity index (χ0) is 13.6. The molecule has 0 saturated carbocycles. The normalized spacial score (nSPS) is 21.1. The summed E-state index contributed by atoms with van der Waals surface area (Å²) in [6.45, 7) is 7.87.